The number of hydrogen-bond acceptors (Lipinski definition) is 2. The van der Waals surface area contributed by atoms with E-state index < -0.39 is 12.3 Å². The third kappa shape index (κ3) is 2.37. The van der Waals surface area contributed by atoms with Crippen LogP contribution in [0, 0.1) is 5.92 Å². The van der Waals surface area contributed by atoms with Crippen molar-refractivity contribution in [2.45, 2.75) is 25.8 Å². The zero-order valence-electron chi connectivity index (χ0n) is 7.54. The summed E-state index contributed by atoms with van der Waals surface area (Å²) in [5.41, 5.74) is 5.69. The second-order valence-electron chi connectivity index (χ2n) is 3.51. The van der Waals surface area contributed by atoms with Gasteiger partial charge in [-0.15, -0.1) is 0 Å². The molecule has 5 heteroatoms. The fourth-order valence-electron chi connectivity index (χ4n) is 1.50. The quantitative estimate of drug-likeness (QED) is 0.655. The first-order valence-corrected chi connectivity index (χ1v) is 4.35. The van der Waals surface area contributed by atoms with E-state index in [1.54, 1.807) is 0 Å². The number of carbonyl (C=O) groups excluding carboxylic acids is 1. The number of carbonyl (C=O) groups is 1. The molecule has 1 saturated heterocycles. The molecule has 0 aromatic rings. The number of alkyl halides is 2. The van der Waals surface area contributed by atoms with Crippen molar-refractivity contribution in [3.63, 3.8) is 0 Å². The van der Waals surface area contributed by atoms with Crippen LogP contribution in [0.3, 0.4) is 0 Å². The zero-order valence-corrected chi connectivity index (χ0v) is 7.54. The summed E-state index contributed by atoms with van der Waals surface area (Å²) in [5, 5.41) is 0. The number of rotatable bonds is 1. The van der Waals surface area contributed by atoms with Crippen LogP contribution >= 0.6 is 0 Å². The second-order valence-corrected chi connectivity index (χ2v) is 3.51. The third-order valence-electron chi connectivity index (χ3n) is 2.47. The van der Waals surface area contributed by atoms with Crippen LogP contribution in [0.25, 0.3) is 0 Å². The fraction of sp³-hybridized carbons (Fsp3) is 0.875. The number of nitrogens with two attached hydrogens (primary N) is 1. The van der Waals surface area contributed by atoms with Gasteiger partial charge in [0.1, 0.15) is 0 Å². The molecule has 1 amide bonds. The number of nitrogens with zero attached hydrogens (tertiary/aromatic N) is 1. The van der Waals surface area contributed by atoms with Crippen LogP contribution in [0.5, 0.6) is 0 Å². The maximum atomic E-state index is 12.0. The SMILES string of the molecule is CC1CN(C(=O)C(F)F)CCC1N. The van der Waals surface area contributed by atoms with Crippen molar-refractivity contribution in [1.82, 2.24) is 4.90 Å². The molecule has 1 aliphatic rings. The highest BCUT2D eigenvalue weighted by Crippen LogP contribution is 2.16. The monoisotopic (exact) mass is 192 g/mol. The minimum absolute atomic E-state index is 0.0294. The number of amides is 1. The molecule has 0 aromatic carbocycles. The molecule has 1 heterocycles. The topological polar surface area (TPSA) is 46.3 Å². The van der Waals surface area contributed by atoms with E-state index in [-0.39, 0.29) is 12.0 Å². The lowest BCUT2D eigenvalue weighted by molar-refractivity contribution is -0.144. The Bertz CT molecular complexity index is 199. The maximum absolute atomic E-state index is 12.0. The van der Waals surface area contributed by atoms with Gasteiger partial charge in [0.15, 0.2) is 0 Å². The number of hydrogen-bond donors (Lipinski definition) is 1. The summed E-state index contributed by atoms with van der Waals surface area (Å²) in [4.78, 5) is 12.1. The molecule has 2 N–H and O–H groups in total. The van der Waals surface area contributed by atoms with Gasteiger partial charge in [0.05, 0.1) is 0 Å². The summed E-state index contributed by atoms with van der Waals surface area (Å²) in [6, 6.07) is 0.0294. The zero-order chi connectivity index (χ0) is 10.0. The summed E-state index contributed by atoms with van der Waals surface area (Å²) in [6.45, 7) is 2.58. The van der Waals surface area contributed by atoms with Crippen molar-refractivity contribution < 1.29 is 13.6 Å². The smallest absolute Gasteiger partial charge is 0.315 e. The van der Waals surface area contributed by atoms with Crippen molar-refractivity contribution in [2.24, 2.45) is 11.7 Å². The predicted octanol–water partition coefficient (Wildman–Crippen LogP) is 0.447. The largest absolute Gasteiger partial charge is 0.337 e. The van der Waals surface area contributed by atoms with Crippen LogP contribution < -0.4 is 5.73 Å². The Labute approximate surface area is 75.9 Å². The average Bonchev–Trinajstić information content (AvgIpc) is 2.08. The predicted molar refractivity (Wildman–Crippen MR) is 44.3 cm³/mol. The summed E-state index contributed by atoms with van der Waals surface area (Å²) in [7, 11) is 0. The molecule has 0 spiro atoms. The Morgan fingerprint density at radius 2 is 2.23 bits per heavy atom. The number of piperidine rings is 1. The fourth-order valence-corrected chi connectivity index (χ4v) is 1.50. The van der Waals surface area contributed by atoms with E-state index in [1.807, 2.05) is 6.92 Å². The standard InChI is InChI=1S/C8H14F2N2O/c1-5-4-12(3-2-6(5)11)8(13)7(9)10/h5-7H,2-4,11H2,1H3. The first-order chi connectivity index (χ1) is 6.02. The van der Waals surface area contributed by atoms with E-state index in [1.165, 1.54) is 4.90 Å². The molecule has 0 radical (unpaired) electrons. The van der Waals surface area contributed by atoms with E-state index >= 15 is 0 Å². The lowest BCUT2D eigenvalue weighted by Crippen LogP contribution is -2.49. The highest BCUT2D eigenvalue weighted by Gasteiger charge is 2.30. The van der Waals surface area contributed by atoms with Gasteiger partial charge in [-0.05, 0) is 12.3 Å². The van der Waals surface area contributed by atoms with Crippen molar-refractivity contribution in [3.8, 4) is 0 Å². The average molecular weight is 192 g/mol. The molecular formula is C8H14F2N2O. The van der Waals surface area contributed by atoms with Crippen LogP contribution in [0.1, 0.15) is 13.3 Å². The van der Waals surface area contributed by atoms with E-state index in [0.717, 1.165) is 0 Å². The van der Waals surface area contributed by atoms with Crippen molar-refractivity contribution in [2.75, 3.05) is 13.1 Å². The van der Waals surface area contributed by atoms with Crippen molar-refractivity contribution >= 4 is 5.91 Å². The molecule has 2 atom stereocenters. The Hall–Kier alpha value is -0.710. The van der Waals surface area contributed by atoms with Crippen LogP contribution in [-0.2, 0) is 4.79 Å². The number of halogens is 2. The Kier molecular flexibility index (Phi) is 3.19. The molecule has 13 heavy (non-hydrogen) atoms. The van der Waals surface area contributed by atoms with Crippen LogP contribution in [0.4, 0.5) is 8.78 Å². The molecule has 0 aromatic heterocycles. The van der Waals surface area contributed by atoms with E-state index in [2.05, 4.69) is 0 Å². The van der Waals surface area contributed by atoms with Gasteiger partial charge in [0.25, 0.3) is 5.91 Å². The Morgan fingerprint density at radius 3 is 2.69 bits per heavy atom. The van der Waals surface area contributed by atoms with Crippen molar-refractivity contribution in [3.05, 3.63) is 0 Å². The highest BCUT2D eigenvalue weighted by molar-refractivity contribution is 5.79. The molecule has 1 fully saturated rings. The minimum atomic E-state index is -2.89. The van der Waals surface area contributed by atoms with E-state index in [4.69, 9.17) is 5.73 Å². The van der Waals surface area contributed by atoms with Crippen LogP contribution in [-0.4, -0.2) is 36.4 Å². The van der Waals surface area contributed by atoms with Gasteiger partial charge >= 0.3 is 6.43 Å². The maximum Gasteiger partial charge on any atom is 0.315 e. The van der Waals surface area contributed by atoms with Gasteiger partial charge in [-0.3, -0.25) is 4.79 Å². The Morgan fingerprint density at radius 1 is 1.62 bits per heavy atom. The molecule has 0 saturated carbocycles. The summed E-state index contributed by atoms with van der Waals surface area (Å²) in [5.74, 6) is -0.963. The van der Waals surface area contributed by atoms with Gasteiger partial charge < -0.3 is 10.6 Å². The lowest BCUT2D eigenvalue weighted by Gasteiger charge is -2.34. The van der Waals surface area contributed by atoms with Crippen LogP contribution in [0.15, 0.2) is 0 Å². The van der Waals surface area contributed by atoms with Gasteiger partial charge in [0, 0.05) is 19.1 Å². The molecule has 3 nitrogen and oxygen atoms in total. The summed E-state index contributed by atoms with van der Waals surface area (Å²) < 4.78 is 24.0. The van der Waals surface area contributed by atoms with E-state index in [9.17, 15) is 13.6 Å². The molecular weight excluding hydrogens is 178 g/mol. The first kappa shape index (κ1) is 10.4. The minimum Gasteiger partial charge on any atom is -0.337 e. The van der Waals surface area contributed by atoms with Gasteiger partial charge in [-0.1, -0.05) is 6.92 Å². The summed E-state index contributed by atoms with van der Waals surface area (Å²) >= 11 is 0. The molecule has 0 aliphatic carbocycles. The van der Waals surface area contributed by atoms with Crippen molar-refractivity contribution in [1.29, 1.82) is 0 Å². The molecule has 0 bridgehead atoms. The van der Waals surface area contributed by atoms with Crippen LogP contribution in [0.2, 0.25) is 0 Å². The van der Waals surface area contributed by atoms with E-state index in [0.29, 0.717) is 19.5 Å². The van der Waals surface area contributed by atoms with Gasteiger partial charge in [-0.25, -0.2) is 0 Å². The van der Waals surface area contributed by atoms with Gasteiger partial charge in [-0.2, -0.15) is 8.78 Å². The molecule has 2 unspecified atom stereocenters. The van der Waals surface area contributed by atoms with Gasteiger partial charge in [0.2, 0.25) is 0 Å². The molecule has 1 aliphatic heterocycles. The Balaban J connectivity index is 2.50. The molecule has 76 valence electrons. The summed E-state index contributed by atoms with van der Waals surface area (Å²) in [6.07, 6.45) is -2.28. The second kappa shape index (κ2) is 4.00. The molecule has 1 rings (SSSR count). The number of likely N-dealkylation sites (tertiary alicyclic amines) is 1. The highest BCUT2D eigenvalue weighted by atomic mass is 19.3. The first-order valence-electron chi connectivity index (χ1n) is 4.35. The normalized spacial score (nSPS) is 29.5. The lowest BCUT2D eigenvalue weighted by atomic mass is 9.95. The third-order valence-corrected chi connectivity index (χ3v) is 2.47.